The van der Waals surface area contributed by atoms with Gasteiger partial charge in [0.15, 0.2) is 5.83 Å². The number of ether oxygens (including phenoxy) is 2. The molecule has 3 aromatic rings. The quantitative estimate of drug-likeness (QED) is 0.228. The highest BCUT2D eigenvalue weighted by Crippen LogP contribution is 2.34. The minimum Gasteiger partial charge on any atom is -0.486 e. The van der Waals surface area contributed by atoms with Gasteiger partial charge >= 0.3 is 0 Å². The Morgan fingerprint density at radius 1 is 1.15 bits per heavy atom. The second-order valence-corrected chi connectivity index (χ2v) is 10.4. The lowest BCUT2D eigenvalue weighted by Crippen LogP contribution is -2.41. The van der Waals surface area contributed by atoms with Crippen molar-refractivity contribution in [3.63, 3.8) is 0 Å². The van der Waals surface area contributed by atoms with E-state index in [0.717, 1.165) is 18.8 Å². The van der Waals surface area contributed by atoms with Crippen LogP contribution in [-0.4, -0.2) is 53.4 Å². The molecule has 1 atom stereocenters. The first-order chi connectivity index (χ1) is 19.3. The maximum Gasteiger partial charge on any atom is 0.242 e. The molecule has 1 aliphatic rings. The molecule has 0 saturated carbocycles. The third-order valence-electron chi connectivity index (χ3n) is 6.72. The fraction of sp³-hybridized carbons (Fsp3) is 0.345. The van der Waals surface area contributed by atoms with E-state index in [1.807, 2.05) is 12.1 Å². The van der Waals surface area contributed by atoms with E-state index >= 15 is 4.39 Å². The number of hydrogen-bond acceptors (Lipinski definition) is 7. The molecule has 11 heteroatoms. The molecule has 1 fully saturated rings. The predicted molar refractivity (Wildman–Crippen MR) is 157 cm³/mol. The molecular weight excluding hydrogens is 554 g/mol. The zero-order valence-corrected chi connectivity index (χ0v) is 23.9. The Balaban J connectivity index is 1.58. The Morgan fingerprint density at radius 3 is 2.52 bits per heavy atom. The number of hydrogen-bond donors (Lipinski definition) is 3. The van der Waals surface area contributed by atoms with Crippen molar-refractivity contribution in [2.24, 2.45) is 5.73 Å². The fourth-order valence-electron chi connectivity index (χ4n) is 4.54. The monoisotopic (exact) mass is 587 g/mol. The first-order valence-corrected chi connectivity index (χ1v) is 13.9. The maximum atomic E-state index is 16.1. The van der Waals surface area contributed by atoms with Crippen molar-refractivity contribution < 1.29 is 19.3 Å². The number of halogens is 3. The summed E-state index contributed by atoms with van der Waals surface area (Å²) in [6.07, 6.45) is 5.13. The predicted octanol–water partition coefficient (Wildman–Crippen LogP) is 4.01. The molecule has 0 amide bonds. The normalized spacial score (nSPS) is 15.4. The number of allylic oxidation sites excluding steroid dienone is 2. The van der Waals surface area contributed by atoms with Gasteiger partial charge in [0.1, 0.15) is 11.9 Å². The summed E-state index contributed by atoms with van der Waals surface area (Å²) in [5.74, 6) is -0.151. The number of pyridine rings is 2. The van der Waals surface area contributed by atoms with Crippen LogP contribution in [0.4, 0.5) is 10.1 Å². The molecule has 3 heterocycles. The zero-order chi connectivity index (χ0) is 28.6. The first-order valence-electron chi connectivity index (χ1n) is 13.1. The third kappa shape index (κ3) is 7.35. The van der Waals surface area contributed by atoms with Gasteiger partial charge in [-0.3, -0.25) is 20.3 Å². The second kappa shape index (κ2) is 14.0. The van der Waals surface area contributed by atoms with Crippen LogP contribution in [0.15, 0.2) is 54.7 Å². The minimum atomic E-state index is -0.576. The summed E-state index contributed by atoms with van der Waals surface area (Å²) in [6, 6.07) is 8.69. The molecule has 1 aromatic carbocycles. The highest BCUT2D eigenvalue weighted by atomic mass is 35.5. The van der Waals surface area contributed by atoms with Gasteiger partial charge in [0.05, 0.1) is 34.5 Å². The summed E-state index contributed by atoms with van der Waals surface area (Å²) in [6.45, 7) is 6.06. The molecule has 0 bridgehead atoms. The molecule has 2 aromatic heterocycles. The van der Waals surface area contributed by atoms with Crippen LogP contribution in [-0.2, 0) is 11.3 Å². The van der Waals surface area contributed by atoms with Crippen molar-refractivity contribution in [2.75, 3.05) is 38.6 Å². The van der Waals surface area contributed by atoms with Crippen LogP contribution >= 0.6 is 23.2 Å². The summed E-state index contributed by atoms with van der Waals surface area (Å²) in [4.78, 5) is 10.8. The minimum absolute atomic E-state index is 0.0972. The number of anilines is 1. The molecule has 0 unspecified atom stereocenters. The lowest BCUT2D eigenvalue weighted by molar-refractivity contribution is -0.113. The van der Waals surface area contributed by atoms with Crippen LogP contribution in [0.5, 0.6) is 5.75 Å². The van der Waals surface area contributed by atoms with Crippen molar-refractivity contribution in [1.29, 1.82) is 0 Å². The molecule has 8 nitrogen and oxygen atoms in total. The number of morpholine rings is 1. The molecular formula is C29H34Cl2FN6O2+. The molecule has 4 rings (SSSR count). The Labute approximate surface area is 243 Å². The Morgan fingerprint density at radius 2 is 1.88 bits per heavy atom. The fourth-order valence-corrected chi connectivity index (χ4v) is 5.21. The van der Waals surface area contributed by atoms with Crippen molar-refractivity contribution in [3.05, 3.63) is 87.2 Å². The summed E-state index contributed by atoms with van der Waals surface area (Å²) < 4.78 is 27.5. The van der Waals surface area contributed by atoms with E-state index in [2.05, 4.69) is 14.9 Å². The van der Waals surface area contributed by atoms with Crippen LogP contribution in [0.25, 0.3) is 5.57 Å². The van der Waals surface area contributed by atoms with Gasteiger partial charge < -0.3 is 20.9 Å². The van der Waals surface area contributed by atoms with Gasteiger partial charge in [0.2, 0.25) is 5.71 Å². The number of nitrogens with two attached hydrogens (primary N) is 3. The maximum absolute atomic E-state index is 16.1. The molecule has 0 radical (unpaired) electrons. The van der Waals surface area contributed by atoms with Crippen LogP contribution in [0.3, 0.4) is 0 Å². The van der Waals surface area contributed by atoms with Crippen molar-refractivity contribution in [2.45, 2.75) is 32.4 Å². The standard InChI is InChI=1S/C29H33Cl2FN6O2/c1-18(27-24(30)15-36-16-25(27)31)40-21-6-7-26(34)23(13-21)29(35)28(32)22(3-2-8-33)19-4-5-20(37-14-19)17-38-9-11-39-12-10-38/h4-7,13-16,18,35H,2-3,8-12,17,33-34H2,1H3/p+1/b28-22+,35-29?/t18-/m0/s1. The van der Waals surface area contributed by atoms with E-state index in [4.69, 9.17) is 49.6 Å². The molecule has 1 saturated heterocycles. The smallest absolute Gasteiger partial charge is 0.242 e. The summed E-state index contributed by atoms with van der Waals surface area (Å²) >= 11 is 12.6. The second-order valence-electron chi connectivity index (χ2n) is 9.55. The van der Waals surface area contributed by atoms with E-state index in [-0.39, 0.29) is 5.71 Å². The number of rotatable bonds is 11. The van der Waals surface area contributed by atoms with Crippen LogP contribution in [0, 0.1) is 0 Å². The molecule has 1 aliphatic heterocycles. The van der Waals surface area contributed by atoms with E-state index < -0.39 is 11.9 Å². The first kappa shape index (κ1) is 29.9. The summed E-state index contributed by atoms with van der Waals surface area (Å²) in [5.41, 5.74) is 15.1. The van der Waals surface area contributed by atoms with Gasteiger partial charge in [-0.25, -0.2) is 0 Å². The molecule has 0 spiro atoms. The van der Waals surface area contributed by atoms with E-state index in [1.165, 1.54) is 12.4 Å². The van der Waals surface area contributed by atoms with Gasteiger partial charge in [-0.05, 0) is 56.1 Å². The van der Waals surface area contributed by atoms with E-state index in [9.17, 15) is 0 Å². The van der Waals surface area contributed by atoms with Crippen molar-refractivity contribution in [1.82, 2.24) is 14.9 Å². The zero-order valence-electron chi connectivity index (χ0n) is 22.4. The van der Waals surface area contributed by atoms with E-state index in [1.54, 1.807) is 31.3 Å². The van der Waals surface area contributed by atoms with Gasteiger partial charge in [-0.15, -0.1) is 0 Å². The lowest BCUT2D eigenvalue weighted by Gasteiger charge is -2.26. The summed E-state index contributed by atoms with van der Waals surface area (Å²) in [7, 11) is 0. The van der Waals surface area contributed by atoms with Gasteiger partial charge in [-0.1, -0.05) is 29.3 Å². The number of aromatic nitrogens is 2. The topological polar surface area (TPSA) is 125 Å². The number of nitrogens with zero attached hydrogens (tertiary/aromatic N) is 3. The van der Waals surface area contributed by atoms with Crippen molar-refractivity contribution in [3.8, 4) is 5.75 Å². The Kier molecular flexibility index (Phi) is 10.5. The lowest BCUT2D eigenvalue weighted by atomic mass is 9.96. The third-order valence-corrected chi connectivity index (χ3v) is 7.32. The highest BCUT2D eigenvalue weighted by molar-refractivity contribution is 6.35. The largest absolute Gasteiger partial charge is 0.486 e. The van der Waals surface area contributed by atoms with Crippen LogP contribution < -0.4 is 21.6 Å². The molecule has 212 valence electrons. The number of nitrogen functional groups attached to an aromatic ring is 1. The van der Waals surface area contributed by atoms with Gasteiger partial charge in [0, 0.05) is 55.0 Å². The Hall–Kier alpha value is -3.08. The average Bonchev–Trinajstić information content (AvgIpc) is 2.95. The SMILES string of the molecule is C[C@H](Oc1ccc(N)c(C(=[NH2+])/C(F)=C(/CCCN)c2ccc(CN3CCOCC3)nc2)c1)c1c(Cl)cncc1Cl. The van der Waals surface area contributed by atoms with Crippen molar-refractivity contribution >= 4 is 40.2 Å². The Bertz CT molecular complexity index is 1340. The van der Waals surface area contributed by atoms with Crippen LogP contribution in [0.1, 0.15) is 48.3 Å². The molecule has 0 aliphatic carbocycles. The molecule has 6 N–H and O–H groups in total. The number of benzene rings is 1. The summed E-state index contributed by atoms with van der Waals surface area (Å²) in [5, 5.41) is 7.15. The van der Waals surface area contributed by atoms with E-state index in [0.29, 0.717) is 82.9 Å². The van der Waals surface area contributed by atoms with Gasteiger partial charge in [-0.2, -0.15) is 4.39 Å². The van der Waals surface area contributed by atoms with Gasteiger partial charge in [0.25, 0.3) is 0 Å². The average molecular weight is 589 g/mol. The molecule has 40 heavy (non-hydrogen) atoms. The highest BCUT2D eigenvalue weighted by Gasteiger charge is 2.24. The van der Waals surface area contributed by atoms with Crippen LogP contribution in [0.2, 0.25) is 10.0 Å².